The number of thiophene rings is 1. The topological polar surface area (TPSA) is 13.1 Å². The summed E-state index contributed by atoms with van der Waals surface area (Å²) in [7, 11) is 0. The molecule has 0 unspecified atom stereocenters. The van der Waals surface area contributed by atoms with Gasteiger partial charge >= 0.3 is 0 Å². The summed E-state index contributed by atoms with van der Waals surface area (Å²) in [5, 5.41) is 13.3. The Morgan fingerprint density at radius 1 is 0.348 bits per heavy atom. The van der Waals surface area contributed by atoms with Crippen LogP contribution in [-0.2, 0) is 0 Å². The summed E-state index contributed by atoms with van der Waals surface area (Å²) in [5.41, 5.74) is 9.26. The quantitative estimate of drug-likeness (QED) is 0.183. The molecule has 0 saturated heterocycles. The molecule has 10 rings (SSSR count). The molecule has 0 amide bonds. The van der Waals surface area contributed by atoms with Crippen LogP contribution < -0.4 is 0 Å². The number of rotatable bonds is 3. The Morgan fingerprint density at radius 2 is 0.870 bits per heavy atom. The average molecular weight is 603 g/mol. The molecule has 1 nitrogen and oxygen atoms in total. The zero-order chi connectivity index (χ0) is 30.2. The first-order valence-electron chi connectivity index (χ1n) is 15.7. The monoisotopic (exact) mass is 602 g/mol. The molecule has 0 aliphatic carbocycles. The number of hydrogen-bond donors (Lipinski definition) is 0. The van der Waals surface area contributed by atoms with Crippen LogP contribution in [0.25, 0.3) is 97.7 Å². The zero-order valence-corrected chi connectivity index (χ0v) is 25.6. The fraction of sp³-hybridized carbons (Fsp3) is 0. The smallest absolute Gasteiger partial charge is 0.153 e. The summed E-state index contributed by atoms with van der Waals surface area (Å²) in [5.74, 6) is 0. The number of para-hydroxylation sites is 1. The Balaban J connectivity index is 1.30. The lowest BCUT2D eigenvalue weighted by Gasteiger charge is -2.18. The number of fused-ring (bicyclic) bond motifs is 8. The summed E-state index contributed by atoms with van der Waals surface area (Å²) < 4.78 is 8.18. The van der Waals surface area contributed by atoms with Gasteiger partial charge in [-0.3, -0.25) is 0 Å². The van der Waals surface area contributed by atoms with E-state index in [2.05, 4.69) is 157 Å². The van der Waals surface area contributed by atoms with Crippen molar-refractivity contribution in [3.63, 3.8) is 0 Å². The summed E-state index contributed by atoms with van der Waals surface area (Å²) in [6, 6.07) is 54.9. The fourth-order valence-electron chi connectivity index (χ4n) is 7.54. The molecule has 0 fully saturated rings. The van der Waals surface area contributed by atoms with Gasteiger partial charge in [-0.2, -0.15) is 0 Å². The highest BCUT2D eigenvalue weighted by molar-refractivity contribution is 7.18. The van der Waals surface area contributed by atoms with E-state index in [1.807, 2.05) is 0 Å². The van der Waals surface area contributed by atoms with Crippen molar-refractivity contribution in [3.8, 4) is 33.4 Å². The zero-order valence-electron chi connectivity index (χ0n) is 24.8. The van der Waals surface area contributed by atoms with Gasteiger partial charge in [0.25, 0.3) is 0 Å². The molecule has 8 aromatic carbocycles. The highest BCUT2D eigenvalue weighted by Gasteiger charge is 2.22. The van der Waals surface area contributed by atoms with E-state index in [4.69, 9.17) is 4.42 Å². The van der Waals surface area contributed by atoms with Crippen LogP contribution in [0.3, 0.4) is 0 Å². The summed E-state index contributed by atoms with van der Waals surface area (Å²) in [4.78, 5) is 0. The molecule has 214 valence electrons. The largest absolute Gasteiger partial charge is 0.454 e. The Kier molecular flexibility index (Phi) is 5.51. The first-order valence-corrected chi connectivity index (χ1v) is 16.6. The van der Waals surface area contributed by atoms with E-state index >= 15 is 0 Å². The standard InChI is InChI=1S/C44H26OS/c1-2-12-28(13-3-1)39-26-46-44-37(39)25-24-36-35-22-11-23-38(42(35)45-43(36)44)41-33-19-8-6-17-31(33)40(32-18-7-9-20-34(32)41)30-21-10-15-27-14-4-5-16-29(27)30/h1-26H. The Hall–Kier alpha value is -5.70. The Bertz CT molecular complexity index is 2740. The minimum absolute atomic E-state index is 0.938. The normalized spacial score (nSPS) is 11.9. The van der Waals surface area contributed by atoms with E-state index in [9.17, 15) is 0 Å². The number of hydrogen-bond acceptors (Lipinski definition) is 2. The van der Waals surface area contributed by atoms with Crippen molar-refractivity contribution in [2.24, 2.45) is 0 Å². The van der Waals surface area contributed by atoms with Gasteiger partial charge in [-0.25, -0.2) is 0 Å². The molecular weight excluding hydrogens is 577 g/mol. The van der Waals surface area contributed by atoms with Gasteiger partial charge in [-0.05, 0) is 60.5 Å². The molecule has 2 heteroatoms. The van der Waals surface area contributed by atoms with Gasteiger partial charge < -0.3 is 4.42 Å². The van der Waals surface area contributed by atoms with E-state index in [0.717, 1.165) is 27.5 Å². The van der Waals surface area contributed by atoms with E-state index in [0.29, 0.717) is 0 Å². The summed E-state index contributed by atoms with van der Waals surface area (Å²) in [6.07, 6.45) is 0. The van der Waals surface area contributed by atoms with Crippen LogP contribution in [0, 0.1) is 0 Å². The maximum absolute atomic E-state index is 6.98. The highest BCUT2D eigenvalue weighted by Crippen LogP contribution is 2.48. The van der Waals surface area contributed by atoms with Crippen LogP contribution in [0.2, 0.25) is 0 Å². The second-order valence-electron chi connectivity index (χ2n) is 12.0. The third-order valence-electron chi connectivity index (χ3n) is 9.55. The minimum atomic E-state index is 0.938. The predicted molar refractivity (Wildman–Crippen MR) is 198 cm³/mol. The van der Waals surface area contributed by atoms with Gasteiger partial charge in [-0.1, -0.05) is 146 Å². The lowest BCUT2D eigenvalue weighted by molar-refractivity contribution is 0.674. The molecule has 0 bridgehead atoms. The van der Waals surface area contributed by atoms with Gasteiger partial charge in [0.2, 0.25) is 0 Å². The lowest BCUT2D eigenvalue weighted by Crippen LogP contribution is -1.91. The third-order valence-corrected chi connectivity index (χ3v) is 10.5. The predicted octanol–water partition coefficient (Wildman–Crippen LogP) is 13.3. The van der Waals surface area contributed by atoms with Gasteiger partial charge in [0.1, 0.15) is 5.58 Å². The van der Waals surface area contributed by atoms with Crippen molar-refractivity contribution in [2.75, 3.05) is 0 Å². The first-order chi connectivity index (χ1) is 22.8. The van der Waals surface area contributed by atoms with E-state index in [1.165, 1.54) is 70.2 Å². The van der Waals surface area contributed by atoms with Crippen molar-refractivity contribution in [2.45, 2.75) is 0 Å². The molecule has 0 aliphatic rings. The third kappa shape index (κ3) is 3.62. The van der Waals surface area contributed by atoms with Crippen LogP contribution in [0.15, 0.2) is 161 Å². The maximum Gasteiger partial charge on any atom is 0.153 e. The second kappa shape index (κ2) is 9.90. The first kappa shape index (κ1) is 25.6. The van der Waals surface area contributed by atoms with Crippen LogP contribution in [-0.4, -0.2) is 0 Å². The van der Waals surface area contributed by atoms with Crippen molar-refractivity contribution in [3.05, 3.63) is 157 Å². The van der Waals surface area contributed by atoms with Crippen molar-refractivity contribution < 1.29 is 4.42 Å². The van der Waals surface area contributed by atoms with Crippen LogP contribution in [0.1, 0.15) is 0 Å². The molecule has 46 heavy (non-hydrogen) atoms. The highest BCUT2D eigenvalue weighted by atomic mass is 32.1. The molecule has 2 aromatic heterocycles. The second-order valence-corrected chi connectivity index (χ2v) is 12.9. The molecule has 0 spiro atoms. The van der Waals surface area contributed by atoms with Crippen molar-refractivity contribution >= 4 is 75.7 Å². The van der Waals surface area contributed by atoms with Gasteiger partial charge in [0.05, 0.1) is 4.70 Å². The molecule has 0 N–H and O–H groups in total. The van der Waals surface area contributed by atoms with Gasteiger partial charge in [0, 0.05) is 32.8 Å². The molecule has 0 aliphatic heterocycles. The Morgan fingerprint density at radius 3 is 1.61 bits per heavy atom. The maximum atomic E-state index is 6.98. The van der Waals surface area contributed by atoms with Gasteiger partial charge in [-0.15, -0.1) is 11.3 Å². The van der Waals surface area contributed by atoms with E-state index in [-0.39, 0.29) is 0 Å². The van der Waals surface area contributed by atoms with Crippen molar-refractivity contribution in [1.82, 2.24) is 0 Å². The summed E-state index contributed by atoms with van der Waals surface area (Å²) in [6.45, 7) is 0. The molecule has 10 aromatic rings. The van der Waals surface area contributed by atoms with Crippen LogP contribution in [0.5, 0.6) is 0 Å². The number of furan rings is 1. The van der Waals surface area contributed by atoms with Gasteiger partial charge in [0.15, 0.2) is 5.58 Å². The van der Waals surface area contributed by atoms with E-state index < -0.39 is 0 Å². The number of benzene rings is 8. The molecule has 0 saturated carbocycles. The SMILES string of the molecule is c1ccc(-c2csc3c2ccc2c4cccc(-c5c6ccccc6c(-c6cccc7ccccc67)c6ccccc56)c4oc23)cc1. The molecule has 0 atom stereocenters. The molecule has 0 radical (unpaired) electrons. The summed E-state index contributed by atoms with van der Waals surface area (Å²) >= 11 is 1.77. The molecular formula is C44H26OS. The molecule has 2 heterocycles. The van der Waals surface area contributed by atoms with Crippen LogP contribution >= 0.6 is 11.3 Å². The lowest BCUT2D eigenvalue weighted by atomic mass is 9.84. The average Bonchev–Trinajstić information content (AvgIpc) is 3.73. The minimum Gasteiger partial charge on any atom is -0.454 e. The fourth-order valence-corrected chi connectivity index (χ4v) is 8.60. The van der Waals surface area contributed by atoms with Crippen molar-refractivity contribution in [1.29, 1.82) is 0 Å². The van der Waals surface area contributed by atoms with Crippen LogP contribution in [0.4, 0.5) is 0 Å². The van der Waals surface area contributed by atoms with E-state index in [1.54, 1.807) is 11.3 Å². The Labute approximate surface area is 269 Å².